The normalized spacial score (nSPS) is 10.8. The van der Waals surface area contributed by atoms with Crippen LogP contribution in [0.5, 0.6) is 0 Å². The van der Waals surface area contributed by atoms with Crippen LogP contribution in [0.4, 0.5) is 0 Å². The number of benzene rings is 3. The number of allylic oxidation sites excluding steroid dienone is 1. The lowest BCUT2D eigenvalue weighted by atomic mass is 9.87. The smallest absolute Gasteiger partial charge is 0.256 e. The molecule has 3 aromatic carbocycles. The van der Waals surface area contributed by atoms with Gasteiger partial charge in [0.2, 0.25) is 0 Å². The van der Waals surface area contributed by atoms with Crippen molar-refractivity contribution in [3.05, 3.63) is 106 Å². The second-order valence-electron chi connectivity index (χ2n) is 7.89. The van der Waals surface area contributed by atoms with Gasteiger partial charge in [0.1, 0.15) is 11.8 Å². The van der Waals surface area contributed by atoms with Crippen LogP contribution < -0.4 is 5.32 Å². The molecule has 0 bridgehead atoms. The molecule has 0 saturated carbocycles. The molecule has 0 saturated heterocycles. The third-order valence-corrected chi connectivity index (χ3v) is 6.77. The number of thioether (sulfide) groups is 2. The third kappa shape index (κ3) is 6.52. The Morgan fingerprint density at radius 3 is 1.71 bits per heavy atom. The SMILES string of the molecule is CC(C)(C)c1ccc(C(=O)NC(C#N)=C(Sc2ccccc2)Sc2ccccc2)cc1. The molecular formula is C26H24N2OS2. The summed E-state index contributed by atoms with van der Waals surface area (Å²) in [6.07, 6.45) is 0. The molecule has 3 nitrogen and oxygen atoms in total. The highest BCUT2D eigenvalue weighted by Crippen LogP contribution is 2.40. The van der Waals surface area contributed by atoms with Gasteiger partial charge in [0.15, 0.2) is 0 Å². The van der Waals surface area contributed by atoms with Gasteiger partial charge in [-0.05, 0) is 47.4 Å². The van der Waals surface area contributed by atoms with E-state index in [1.807, 2.05) is 72.8 Å². The summed E-state index contributed by atoms with van der Waals surface area (Å²) in [4.78, 5) is 14.9. The first kappa shape index (κ1) is 22.7. The lowest BCUT2D eigenvalue weighted by Crippen LogP contribution is -2.23. The van der Waals surface area contributed by atoms with Crippen molar-refractivity contribution in [1.29, 1.82) is 5.26 Å². The molecule has 0 heterocycles. The molecular weight excluding hydrogens is 420 g/mol. The molecule has 0 atom stereocenters. The second-order valence-corrected chi connectivity index (χ2v) is 10.3. The van der Waals surface area contributed by atoms with E-state index in [0.717, 1.165) is 19.6 Å². The van der Waals surface area contributed by atoms with E-state index in [0.29, 0.717) is 5.56 Å². The average Bonchev–Trinajstić information content (AvgIpc) is 2.78. The fraction of sp³-hybridized carbons (Fsp3) is 0.154. The van der Waals surface area contributed by atoms with E-state index < -0.39 is 0 Å². The predicted molar refractivity (Wildman–Crippen MR) is 130 cm³/mol. The number of hydrogen-bond acceptors (Lipinski definition) is 4. The number of carbonyl (C=O) groups excluding carboxylic acids is 1. The molecule has 0 aliphatic rings. The maximum atomic E-state index is 12.9. The maximum absolute atomic E-state index is 12.9. The van der Waals surface area contributed by atoms with E-state index in [1.54, 1.807) is 12.1 Å². The van der Waals surface area contributed by atoms with Gasteiger partial charge in [-0.1, -0.05) is 92.8 Å². The molecule has 0 aliphatic carbocycles. The van der Waals surface area contributed by atoms with Gasteiger partial charge < -0.3 is 5.32 Å². The predicted octanol–water partition coefficient (Wildman–Crippen LogP) is 6.99. The molecule has 0 aromatic heterocycles. The summed E-state index contributed by atoms with van der Waals surface area (Å²) in [5.41, 5.74) is 1.93. The number of nitrogens with zero attached hydrogens (tertiary/aromatic N) is 1. The van der Waals surface area contributed by atoms with Crippen molar-refractivity contribution in [1.82, 2.24) is 5.32 Å². The Labute approximate surface area is 192 Å². The Morgan fingerprint density at radius 2 is 1.29 bits per heavy atom. The number of nitriles is 1. The van der Waals surface area contributed by atoms with E-state index >= 15 is 0 Å². The van der Waals surface area contributed by atoms with Crippen LogP contribution in [0.1, 0.15) is 36.7 Å². The monoisotopic (exact) mass is 444 g/mol. The van der Waals surface area contributed by atoms with Gasteiger partial charge in [0, 0.05) is 15.4 Å². The van der Waals surface area contributed by atoms with Gasteiger partial charge in [0.25, 0.3) is 5.91 Å². The van der Waals surface area contributed by atoms with Crippen LogP contribution in [0.25, 0.3) is 0 Å². The molecule has 3 aromatic rings. The largest absolute Gasteiger partial charge is 0.312 e. The van der Waals surface area contributed by atoms with Crippen LogP contribution in [-0.4, -0.2) is 5.91 Å². The van der Waals surface area contributed by atoms with Crippen molar-refractivity contribution >= 4 is 29.4 Å². The van der Waals surface area contributed by atoms with E-state index in [-0.39, 0.29) is 17.0 Å². The fourth-order valence-corrected chi connectivity index (χ4v) is 4.90. The highest BCUT2D eigenvalue weighted by molar-refractivity contribution is 8.22. The van der Waals surface area contributed by atoms with Gasteiger partial charge in [-0.15, -0.1) is 0 Å². The van der Waals surface area contributed by atoms with E-state index in [1.165, 1.54) is 23.5 Å². The van der Waals surface area contributed by atoms with E-state index in [2.05, 4.69) is 32.2 Å². The first-order chi connectivity index (χ1) is 14.9. The molecule has 156 valence electrons. The zero-order valence-electron chi connectivity index (χ0n) is 17.8. The van der Waals surface area contributed by atoms with Gasteiger partial charge in [-0.2, -0.15) is 5.26 Å². The Kier molecular flexibility index (Phi) is 7.62. The number of rotatable bonds is 6. The maximum Gasteiger partial charge on any atom is 0.256 e. The molecule has 0 spiro atoms. The van der Waals surface area contributed by atoms with Gasteiger partial charge in [-0.25, -0.2) is 0 Å². The van der Waals surface area contributed by atoms with E-state index in [9.17, 15) is 10.1 Å². The number of amides is 1. The molecule has 1 amide bonds. The zero-order valence-corrected chi connectivity index (χ0v) is 19.4. The zero-order chi connectivity index (χ0) is 22.3. The molecule has 0 unspecified atom stereocenters. The summed E-state index contributed by atoms with van der Waals surface area (Å²) in [7, 11) is 0. The summed E-state index contributed by atoms with van der Waals surface area (Å²) in [6.45, 7) is 6.39. The molecule has 5 heteroatoms. The Bertz CT molecular complexity index is 1050. The lowest BCUT2D eigenvalue weighted by Gasteiger charge is -2.19. The second kappa shape index (κ2) is 10.4. The van der Waals surface area contributed by atoms with Gasteiger partial charge in [-0.3, -0.25) is 4.79 Å². The minimum absolute atomic E-state index is 0.0124. The minimum Gasteiger partial charge on any atom is -0.312 e. The van der Waals surface area contributed by atoms with Crippen molar-refractivity contribution < 1.29 is 4.79 Å². The molecule has 0 aliphatic heterocycles. The molecule has 1 N–H and O–H groups in total. The molecule has 0 fully saturated rings. The van der Waals surface area contributed by atoms with Crippen molar-refractivity contribution in [3.8, 4) is 6.07 Å². The van der Waals surface area contributed by atoms with Gasteiger partial charge in [0.05, 0.1) is 4.24 Å². The summed E-state index contributed by atoms with van der Waals surface area (Å²) < 4.78 is 0.722. The standard InChI is InChI=1S/C26H24N2OS2/c1-26(2,3)20-16-14-19(15-17-20)24(29)28-23(18-27)25(30-21-10-6-4-7-11-21)31-22-12-8-5-9-13-22/h4-17H,1-3H3,(H,28,29). The van der Waals surface area contributed by atoms with Crippen LogP contribution in [0.2, 0.25) is 0 Å². The summed E-state index contributed by atoms with van der Waals surface area (Å²) in [5.74, 6) is -0.295. The molecule has 31 heavy (non-hydrogen) atoms. The van der Waals surface area contributed by atoms with E-state index in [4.69, 9.17) is 0 Å². The summed E-state index contributed by atoms with van der Waals surface area (Å²) in [6, 6.07) is 29.4. The Hall–Kier alpha value is -2.94. The molecule has 0 radical (unpaired) electrons. The highest BCUT2D eigenvalue weighted by atomic mass is 32.2. The topological polar surface area (TPSA) is 52.9 Å². The van der Waals surface area contributed by atoms with Crippen molar-refractivity contribution in [3.63, 3.8) is 0 Å². The first-order valence-corrected chi connectivity index (χ1v) is 11.5. The Morgan fingerprint density at radius 1 is 0.806 bits per heavy atom. The van der Waals surface area contributed by atoms with Crippen LogP contribution in [0, 0.1) is 11.3 Å². The average molecular weight is 445 g/mol. The van der Waals surface area contributed by atoms with Crippen LogP contribution in [-0.2, 0) is 5.41 Å². The molecule has 3 rings (SSSR count). The fourth-order valence-electron chi connectivity index (χ4n) is 2.75. The van der Waals surface area contributed by atoms with Crippen molar-refractivity contribution in [2.24, 2.45) is 0 Å². The number of hydrogen-bond donors (Lipinski definition) is 1. The minimum atomic E-state index is -0.295. The first-order valence-electron chi connectivity index (χ1n) is 9.89. The Balaban J connectivity index is 1.89. The summed E-state index contributed by atoms with van der Waals surface area (Å²) >= 11 is 2.93. The van der Waals surface area contributed by atoms with Crippen molar-refractivity contribution in [2.45, 2.75) is 36.0 Å². The summed E-state index contributed by atoms with van der Waals surface area (Å²) in [5, 5.41) is 12.7. The van der Waals surface area contributed by atoms with Crippen molar-refractivity contribution in [2.75, 3.05) is 0 Å². The van der Waals surface area contributed by atoms with Crippen LogP contribution >= 0.6 is 23.5 Å². The van der Waals surface area contributed by atoms with Gasteiger partial charge >= 0.3 is 0 Å². The van der Waals surface area contributed by atoms with Crippen LogP contribution in [0.3, 0.4) is 0 Å². The number of carbonyl (C=O) groups is 1. The quantitative estimate of drug-likeness (QED) is 0.329. The lowest BCUT2D eigenvalue weighted by molar-refractivity contribution is 0.0967. The highest BCUT2D eigenvalue weighted by Gasteiger charge is 2.17. The third-order valence-electron chi connectivity index (χ3n) is 4.48. The number of nitrogens with one attached hydrogen (secondary N) is 1. The van der Waals surface area contributed by atoms with Crippen LogP contribution in [0.15, 0.2) is 105 Å².